The maximum Gasteiger partial charge on any atom is 0.343 e. The second-order valence-corrected chi connectivity index (χ2v) is 9.96. The van der Waals surface area contributed by atoms with Crippen LogP contribution in [0.1, 0.15) is 50.5 Å². The van der Waals surface area contributed by atoms with Gasteiger partial charge in [0.2, 0.25) is 0 Å². The fourth-order valence-electron chi connectivity index (χ4n) is 5.48. The lowest BCUT2D eigenvalue weighted by Gasteiger charge is -2.42. The number of hydrogen-bond donors (Lipinski definition) is 2. The minimum atomic E-state index is -1.65. The third kappa shape index (κ3) is 5.62. The van der Waals surface area contributed by atoms with E-state index in [1.807, 2.05) is 37.4 Å². The molecule has 2 unspecified atom stereocenters. The molecule has 1 saturated carbocycles. The second-order valence-electron chi connectivity index (χ2n) is 9.96. The third-order valence-corrected chi connectivity index (χ3v) is 7.22. The first kappa shape index (κ1) is 24.3. The number of rotatable bonds is 7. The summed E-state index contributed by atoms with van der Waals surface area (Å²) in [7, 11) is 2.00. The SMILES string of the molecule is C[N+]1(CC(=O)Nc2cnccn2)CCCC(OC(=O)[C@](O)(c2ccccc2)C2CCCCC2)C1. The minimum absolute atomic E-state index is 0.154. The summed E-state index contributed by atoms with van der Waals surface area (Å²) in [6, 6.07) is 9.20. The Morgan fingerprint density at radius 2 is 1.88 bits per heavy atom. The molecule has 1 aliphatic carbocycles. The molecule has 1 aromatic carbocycles. The molecule has 1 amide bonds. The van der Waals surface area contributed by atoms with Gasteiger partial charge in [-0.05, 0) is 24.8 Å². The molecule has 2 aromatic rings. The van der Waals surface area contributed by atoms with Gasteiger partial charge >= 0.3 is 5.97 Å². The average Bonchev–Trinajstić information content (AvgIpc) is 2.85. The Labute approximate surface area is 201 Å². The number of esters is 1. The Bertz CT molecular complexity index is 967. The molecule has 3 atom stereocenters. The number of aliphatic hydroxyl groups is 1. The van der Waals surface area contributed by atoms with Crippen molar-refractivity contribution in [1.82, 2.24) is 9.97 Å². The van der Waals surface area contributed by atoms with Crippen LogP contribution in [0.15, 0.2) is 48.9 Å². The molecule has 2 heterocycles. The van der Waals surface area contributed by atoms with Crippen molar-refractivity contribution in [2.75, 3.05) is 32.0 Å². The highest BCUT2D eigenvalue weighted by atomic mass is 16.6. The lowest BCUT2D eigenvalue weighted by Crippen LogP contribution is -2.57. The van der Waals surface area contributed by atoms with Gasteiger partial charge in [-0.25, -0.2) is 9.78 Å². The smallest absolute Gasteiger partial charge is 0.343 e. The topological polar surface area (TPSA) is 101 Å². The van der Waals surface area contributed by atoms with E-state index >= 15 is 0 Å². The monoisotopic (exact) mass is 467 g/mol. The number of piperidine rings is 1. The molecule has 182 valence electrons. The number of ether oxygens (including phenoxy) is 1. The van der Waals surface area contributed by atoms with Gasteiger partial charge in [0.15, 0.2) is 24.1 Å². The molecule has 8 nitrogen and oxygen atoms in total. The van der Waals surface area contributed by atoms with Crippen molar-refractivity contribution in [3.05, 3.63) is 54.5 Å². The first-order chi connectivity index (χ1) is 16.4. The molecule has 1 aromatic heterocycles. The zero-order valence-corrected chi connectivity index (χ0v) is 19.9. The van der Waals surface area contributed by atoms with Crippen LogP contribution in [0.2, 0.25) is 0 Å². The van der Waals surface area contributed by atoms with Crippen molar-refractivity contribution in [1.29, 1.82) is 0 Å². The first-order valence-electron chi connectivity index (χ1n) is 12.3. The van der Waals surface area contributed by atoms with E-state index in [-0.39, 0.29) is 24.5 Å². The Morgan fingerprint density at radius 1 is 1.12 bits per heavy atom. The van der Waals surface area contributed by atoms with Gasteiger partial charge in [0.05, 0.1) is 19.8 Å². The van der Waals surface area contributed by atoms with Crippen LogP contribution in [0.5, 0.6) is 0 Å². The summed E-state index contributed by atoms with van der Waals surface area (Å²) in [5.41, 5.74) is -1.05. The number of amides is 1. The maximum absolute atomic E-state index is 13.5. The number of hydrogen-bond acceptors (Lipinski definition) is 6. The summed E-state index contributed by atoms with van der Waals surface area (Å²) < 4.78 is 6.46. The standard InChI is InChI=1S/C26H34N4O4/c1-30(19-24(31)29-23-17-27-14-15-28-23)16-8-13-22(18-30)34-25(32)26(33,20-9-4-2-5-10-20)21-11-6-3-7-12-21/h2,4-5,9-10,14-15,17,21-22,33H,3,6-8,11-13,16,18-19H2,1H3/p+1/t22?,26-,30?/m0/s1. The number of carbonyl (C=O) groups excluding carboxylic acids is 2. The van der Waals surface area contributed by atoms with Gasteiger partial charge in [0.25, 0.3) is 5.91 Å². The molecule has 2 aliphatic rings. The quantitative estimate of drug-likeness (QED) is 0.479. The molecule has 1 aliphatic heterocycles. The molecular weight excluding hydrogens is 432 g/mol. The lowest BCUT2D eigenvalue weighted by molar-refractivity contribution is -0.909. The van der Waals surface area contributed by atoms with Crippen LogP contribution in [0, 0.1) is 5.92 Å². The van der Waals surface area contributed by atoms with Gasteiger partial charge in [-0.2, -0.15) is 0 Å². The van der Waals surface area contributed by atoms with E-state index in [0.29, 0.717) is 22.4 Å². The van der Waals surface area contributed by atoms with Gasteiger partial charge in [-0.15, -0.1) is 0 Å². The maximum atomic E-state index is 13.5. The number of anilines is 1. The molecule has 34 heavy (non-hydrogen) atoms. The van der Waals surface area contributed by atoms with Gasteiger partial charge in [-0.3, -0.25) is 9.78 Å². The number of likely N-dealkylation sites (tertiary alicyclic amines) is 1. The summed E-state index contributed by atoms with van der Waals surface area (Å²) in [5, 5.41) is 14.6. The van der Waals surface area contributed by atoms with Gasteiger partial charge in [-0.1, -0.05) is 49.6 Å². The van der Waals surface area contributed by atoms with Crippen molar-refractivity contribution >= 4 is 17.7 Å². The molecule has 1 saturated heterocycles. The molecule has 2 fully saturated rings. The highest BCUT2D eigenvalue weighted by Crippen LogP contribution is 2.41. The molecule has 0 spiro atoms. The predicted octanol–water partition coefficient (Wildman–Crippen LogP) is 3.04. The van der Waals surface area contributed by atoms with Crippen LogP contribution in [0.4, 0.5) is 5.82 Å². The van der Waals surface area contributed by atoms with Gasteiger partial charge < -0.3 is 19.6 Å². The van der Waals surface area contributed by atoms with E-state index in [1.54, 1.807) is 6.20 Å². The lowest BCUT2D eigenvalue weighted by atomic mass is 9.73. The Morgan fingerprint density at radius 3 is 2.59 bits per heavy atom. The highest BCUT2D eigenvalue weighted by Gasteiger charge is 2.48. The minimum Gasteiger partial charge on any atom is -0.454 e. The summed E-state index contributed by atoms with van der Waals surface area (Å²) in [4.78, 5) is 34.2. The van der Waals surface area contributed by atoms with E-state index in [4.69, 9.17) is 4.74 Å². The average molecular weight is 468 g/mol. The number of carbonyl (C=O) groups is 2. The van der Waals surface area contributed by atoms with Crippen LogP contribution < -0.4 is 5.32 Å². The highest BCUT2D eigenvalue weighted by molar-refractivity contribution is 5.90. The number of aromatic nitrogens is 2. The molecule has 0 radical (unpaired) electrons. The largest absolute Gasteiger partial charge is 0.454 e. The van der Waals surface area contributed by atoms with Gasteiger partial charge in [0, 0.05) is 24.7 Å². The Hall–Kier alpha value is -2.84. The van der Waals surface area contributed by atoms with Gasteiger partial charge in [0.1, 0.15) is 6.54 Å². The number of likely N-dealkylation sites (N-methyl/N-ethyl adjacent to an activating group) is 1. The number of quaternary nitrogens is 1. The third-order valence-electron chi connectivity index (χ3n) is 7.22. The van der Waals surface area contributed by atoms with Crippen LogP contribution in [0.25, 0.3) is 0 Å². The van der Waals surface area contributed by atoms with E-state index in [0.717, 1.165) is 51.5 Å². The molecular formula is C26H35N4O4+. The Balaban J connectivity index is 1.44. The summed E-state index contributed by atoms with van der Waals surface area (Å²) >= 11 is 0. The number of nitrogens with zero attached hydrogens (tertiary/aromatic N) is 3. The predicted molar refractivity (Wildman–Crippen MR) is 127 cm³/mol. The van der Waals surface area contributed by atoms with Crippen LogP contribution in [-0.4, -0.2) is 64.2 Å². The molecule has 0 bridgehead atoms. The second kappa shape index (κ2) is 10.6. The van der Waals surface area contributed by atoms with Crippen molar-refractivity contribution in [2.24, 2.45) is 5.92 Å². The van der Waals surface area contributed by atoms with Crippen molar-refractivity contribution in [3.8, 4) is 0 Å². The number of nitrogens with one attached hydrogen (secondary N) is 1. The fourth-order valence-corrected chi connectivity index (χ4v) is 5.48. The van der Waals surface area contributed by atoms with Crippen LogP contribution in [-0.2, 0) is 19.9 Å². The fraction of sp³-hybridized carbons (Fsp3) is 0.538. The summed E-state index contributed by atoms with van der Waals surface area (Å²) in [6.07, 6.45) is 10.6. The van der Waals surface area contributed by atoms with E-state index < -0.39 is 11.6 Å². The number of benzene rings is 1. The van der Waals surface area contributed by atoms with Crippen molar-refractivity contribution in [2.45, 2.75) is 56.7 Å². The molecule has 2 N–H and O–H groups in total. The van der Waals surface area contributed by atoms with E-state index in [9.17, 15) is 14.7 Å². The Kier molecular flexibility index (Phi) is 7.58. The first-order valence-corrected chi connectivity index (χ1v) is 12.3. The van der Waals surface area contributed by atoms with E-state index in [2.05, 4.69) is 15.3 Å². The zero-order valence-electron chi connectivity index (χ0n) is 19.9. The summed E-state index contributed by atoms with van der Waals surface area (Å²) in [5.74, 6) is -0.455. The zero-order chi connectivity index (χ0) is 24.0. The summed E-state index contributed by atoms with van der Waals surface area (Å²) in [6.45, 7) is 1.58. The van der Waals surface area contributed by atoms with E-state index in [1.165, 1.54) is 12.4 Å². The molecule has 4 rings (SSSR count). The molecule has 8 heteroatoms. The normalized spacial score (nSPS) is 25.2. The van der Waals surface area contributed by atoms with Crippen LogP contribution >= 0.6 is 0 Å². The van der Waals surface area contributed by atoms with Crippen molar-refractivity contribution < 1.29 is 23.9 Å². The van der Waals surface area contributed by atoms with Crippen molar-refractivity contribution in [3.63, 3.8) is 0 Å². The van der Waals surface area contributed by atoms with Crippen LogP contribution in [0.3, 0.4) is 0 Å².